The van der Waals surface area contributed by atoms with E-state index in [9.17, 15) is 14.4 Å². The van der Waals surface area contributed by atoms with Gasteiger partial charge in [0.25, 0.3) is 11.8 Å². The summed E-state index contributed by atoms with van der Waals surface area (Å²) >= 11 is 6.29. The summed E-state index contributed by atoms with van der Waals surface area (Å²) in [6.45, 7) is 1.40. The van der Waals surface area contributed by atoms with Crippen molar-refractivity contribution < 1.29 is 33.7 Å². The summed E-state index contributed by atoms with van der Waals surface area (Å²) < 4.78 is 15.9. The van der Waals surface area contributed by atoms with E-state index in [2.05, 4.69) is 5.43 Å². The number of methoxy groups -OCH3 is 2. The maximum atomic E-state index is 12.8. The van der Waals surface area contributed by atoms with E-state index in [0.717, 1.165) is 16.8 Å². The number of carbonyl (C=O) groups excluding carboxylic acids is 2. The highest BCUT2D eigenvalue weighted by Gasteiger charge is 2.34. The molecule has 2 amide bonds. The molecule has 172 valence electrons. The third-order valence-electron chi connectivity index (χ3n) is 4.50. The molecule has 33 heavy (non-hydrogen) atoms. The molecule has 1 unspecified atom stereocenters. The Morgan fingerprint density at radius 3 is 2.42 bits per heavy atom. The van der Waals surface area contributed by atoms with Gasteiger partial charge in [0.2, 0.25) is 0 Å². The topological polar surface area (TPSA) is 114 Å². The van der Waals surface area contributed by atoms with Crippen LogP contribution in [0.15, 0.2) is 47.4 Å². The second-order valence-corrected chi connectivity index (χ2v) is 8.37. The number of amides is 2. The lowest BCUT2D eigenvalue weighted by Crippen LogP contribution is -2.44. The lowest BCUT2D eigenvalue weighted by atomic mass is 10.2. The van der Waals surface area contributed by atoms with E-state index >= 15 is 0 Å². The minimum atomic E-state index is -1.11. The van der Waals surface area contributed by atoms with E-state index in [4.69, 9.17) is 31.5 Å². The van der Waals surface area contributed by atoms with Gasteiger partial charge in [0.15, 0.2) is 21.9 Å². The molecule has 0 aromatic heterocycles. The van der Waals surface area contributed by atoms with Crippen LogP contribution in [0.4, 0.5) is 0 Å². The second-order valence-electron chi connectivity index (χ2n) is 6.70. The Morgan fingerprint density at radius 2 is 1.82 bits per heavy atom. The third kappa shape index (κ3) is 5.62. The number of hydrogen-bond acceptors (Lipinski definition) is 8. The van der Waals surface area contributed by atoms with Gasteiger partial charge in [0, 0.05) is 5.56 Å². The minimum Gasteiger partial charge on any atom is -0.497 e. The SMILES string of the molecule is COc1ccc(C(=O)NN2C(=O)/C(=C\c3ccc(OC(C)C(=O)O)c(OC)c3)SC2=S)cc1. The van der Waals surface area contributed by atoms with E-state index < -0.39 is 23.9 Å². The van der Waals surface area contributed by atoms with Gasteiger partial charge in [-0.25, -0.2) is 4.79 Å². The Bertz CT molecular complexity index is 1130. The normalized spacial score (nSPS) is 15.4. The van der Waals surface area contributed by atoms with Crippen LogP contribution in [0.2, 0.25) is 0 Å². The second kappa shape index (κ2) is 10.4. The van der Waals surface area contributed by atoms with E-state index in [-0.39, 0.29) is 10.1 Å². The quantitative estimate of drug-likeness (QED) is 0.427. The first-order chi connectivity index (χ1) is 15.7. The molecule has 9 nitrogen and oxygen atoms in total. The first-order valence-electron chi connectivity index (χ1n) is 9.54. The predicted molar refractivity (Wildman–Crippen MR) is 126 cm³/mol. The Kier molecular flexibility index (Phi) is 7.56. The van der Waals surface area contributed by atoms with Crippen LogP contribution >= 0.6 is 24.0 Å². The average molecular weight is 489 g/mol. The van der Waals surface area contributed by atoms with Crippen molar-refractivity contribution in [3.05, 3.63) is 58.5 Å². The lowest BCUT2D eigenvalue weighted by Gasteiger charge is -2.15. The van der Waals surface area contributed by atoms with Crippen LogP contribution in [0.5, 0.6) is 17.2 Å². The predicted octanol–water partition coefficient (Wildman–Crippen LogP) is 3.10. The number of nitrogens with zero attached hydrogens (tertiary/aromatic N) is 1. The fourth-order valence-corrected chi connectivity index (χ4v) is 3.92. The molecule has 1 atom stereocenters. The standard InChI is InChI=1S/C22H20N2O7S2/c1-12(21(27)28)31-16-9-4-13(10-17(16)30-3)11-18-20(26)24(22(32)33-18)23-19(25)14-5-7-15(29-2)8-6-14/h4-12H,1-3H3,(H,23,25)(H,27,28)/b18-11+. The monoisotopic (exact) mass is 488 g/mol. The van der Waals surface area contributed by atoms with Gasteiger partial charge in [-0.2, -0.15) is 5.01 Å². The van der Waals surface area contributed by atoms with Crippen LogP contribution in [0.1, 0.15) is 22.8 Å². The van der Waals surface area contributed by atoms with Crippen LogP contribution in [0.3, 0.4) is 0 Å². The molecule has 1 saturated heterocycles. The summed E-state index contributed by atoms with van der Waals surface area (Å²) in [6, 6.07) is 11.2. The summed E-state index contributed by atoms with van der Waals surface area (Å²) in [5.41, 5.74) is 3.45. The highest BCUT2D eigenvalue weighted by molar-refractivity contribution is 8.26. The number of nitrogens with one attached hydrogen (secondary N) is 1. The molecule has 0 spiro atoms. The Morgan fingerprint density at radius 1 is 1.12 bits per heavy atom. The highest BCUT2D eigenvalue weighted by Crippen LogP contribution is 2.34. The van der Waals surface area contributed by atoms with E-state index in [1.54, 1.807) is 48.5 Å². The molecule has 1 aliphatic heterocycles. The Hall–Kier alpha value is -3.57. The maximum Gasteiger partial charge on any atom is 0.344 e. The van der Waals surface area contributed by atoms with E-state index in [1.807, 2.05) is 0 Å². The Balaban J connectivity index is 1.75. The van der Waals surface area contributed by atoms with Gasteiger partial charge in [-0.3, -0.25) is 15.0 Å². The van der Waals surface area contributed by atoms with Crippen molar-refractivity contribution in [1.29, 1.82) is 0 Å². The van der Waals surface area contributed by atoms with Crippen molar-refractivity contribution in [2.75, 3.05) is 14.2 Å². The zero-order chi connectivity index (χ0) is 24.1. The molecular weight excluding hydrogens is 468 g/mol. The zero-order valence-corrected chi connectivity index (χ0v) is 19.5. The minimum absolute atomic E-state index is 0.176. The molecule has 2 aromatic carbocycles. The van der Waals surface area contributed by atoms with E-state index in [1.165, 1.54) is 21.1 Å². The third-order valence-corrected chi connectivity index (χ3v) is 5.80. The van der Waals surface area contributed by atoms with Crippen LogP contribution in [0.25, 0.3) is 6.08 Å². The average Bonchev–Trinajstić information content (AvgIpc) is 3.07. The number of carbonyl (C=O) groups is 3. The summed E-state index contributed by atoms with van der Waals surface area (Å²) in [5, 5.41) is 10.0. The molecule has 2 N–H and O–H groups in total. The first-order valence-corrected chi connectivity index (χ1v) is 10.8. The zero-order valence-electron chi connectivity index (χ0n) is 17.9. The number of benzene rings is 2. The fraction of sp³-hybridized carbons (Fsp3) is 0.182. The molecule has 1 fully saturated rings. The summed E-state index contributed by atoms with van der Waals surface area (Å²) in [6.07, 6.45) is 0.529. The number of hydrogen-bond donors (Lipinski definition) is 2. The molecule has 0 saturated carbocycles. The number of aliphatic carboxylic acids is 1. The maximum absolute atomic E-state index is 12.8. The van der Waals surface area contributed by atoms with Crippen molar-refractivity contribution in [2.24, 2.45) is 0 Å². The van der Waals surface area contributed by atoms with Crippen LogP contribution in [-0.2, 0) is 9.59 Å². The number of thiocarbonyl (C=S) groups is 1. The summed E-state index contributed by atoms with van der Waals surface area (Å²) in [7, 11) is 2.94. The molecule has 3 rings (SSSR count). The number of carboxylic acid groups (broad SMARTS) is 1. The largest absolute Gasteiger partial charge is 0.497 e. The van der Waals surface area contributed by atoms with Gasteiger partial charge in [0.1, 0.15) is 5.75 Å². The van der Waals surface area contributed by atoms with Gasteiger partial charge in [-0.15, -0.1) is 0 Å². The van der Waals surface area contributed by atoms with Crippen LogP contribution < -0.4 is 19.6 Å². The van der Waals surface area contributed by atoms with Crippen molar-refractivity contribution >= 4 is 52.2 Å². The molecule has 1 heterocycles. The van der Waals surface area contributed by atoms with Crippen molar-refractivity contribution in [3.63, 3.8) is 0 Å². The number of carboxylic acids is 1. The summed E-state index contributed by atoms with van der Waals surface area (Å²) in [4.78, 5) is 36.7. The molecular formula is C22H20N2O7S2. The van der Waals surface area contributed by atoms with Crippen molar-refractivity contribution in [1.82, 2.24) is 10.4 Å². The number of hydrazine groups is 1. The first kappa shape index (κ1) is 24.1. The van der Waals surface area contributed by atoms with Gasteiger partial charge >= 0.3 is 5.97 Å². The molecule has 0 aliphatic carbocycles. The number of thioether (sulfide) groups is 1. The van der Waals surface area contributed by atoms with Crippen molar-refractivity contribution in [2.45, 2.75) is 13.0 Å². The molecule has 0 bridgehead atoms. The lowest BCUT2D eigenvalue weighted by molar-refractivity contribution is -0.144. The van der Waals surface area contributed by atoms with Gasteiger partial charge in [-0.1, -0.05) is 17.8 Å². The van der Waals surface area contributed by atoms with Gasteiger partial charge in [-0.05, 0) is 67.2 Å². The summed E-state index contributed by atoms with van der Waals surface area (Å²) in [5.74, 6) is -0.925. The number of rotatable bonds is 8. The molecule has 11 heteroatoms. The van der Waals surface area contributed by atoms with Gasteiger partial charge in [0.05, 0.1) is 19.1 Å². The van der Waals surface area contributed by atoms with Gasteiger partial charge < -0.3 is 19.3 Å². The van der Waals surface area contributed by atoms with Crippen LogP contribution in [-0.4, -0.2) is 52.5 Å². The fourth-order valence-electron chi connectivity index (χ4n) is 2.74. The molecule has 1 aliphatic rings. The van der Waals surface area contributed by atoms with Crippen LogP contribution in [0, 0.1) is 0 Å². The molecule has 0 radical (unpaired) electrons. The number of ether oxygens (including phenoxy) is 3. The van der Waals surface area contributed by atoms with E-state index in [0.29, 0.717) is 27.5 Å². The van der Waals surface area contributed by atoms with Crippen molar-refractivity contribution in [3.8, 4) is 17.2 Å². The smallest absolute Gasteiger partial charge is 0.344 e. The highest BCUT2D eigenvalue weighted by atomic mass is 32.2. The Labute approximate surface area is 199 Å². The molecule has 2 aromatic rings.